The first kappa shape index (κ1) is 25.0. The van der Waals surface area contributed by atoms with Gasteiger partial charge >= 0.3 is 0 Å². The first-order valence-electron chi connectivity index (χ1n) is 11.9. The van der Waals surface area contributed by atoms with Crippen LogP contribution < -0.4 is 5.32 Å². The fraction of sp³-hybridized carbons (Fsp3) is 0.370. The van der Waals surface area contributed by atoms with Gasteiger partial charge in [0.15, 0.2) is 5.16 Å². The van der Waals surface area contributed by atoms with Gasteiger partial charge in [0, 0.05) is 49.9 Å². The van der Waals surface area contributed by atoms with E-state index < -0.39 is 0 Å². The Bertz CT molecular complexity index is 1170. The standard InChI is InChI=1S/C27H33N5O2S/c1-19-14-20(2)16-23(15-19)32-9-8-28-27(32)35-18-25(34)31-12-10-30(11-13-31)17-24(33)29-26-21(3)6-5-7-22(26)4/h5-9,14-16H,10-13,17-18H2,1-4H3,(H,29,33). The van der Waals surface area contributed by atoms with Crippen LogP contribution in [0.1, 0.15) is 22.3 Å². The number of hydrogen-bond donors (Lipinski definition) is 1. The van der Waals surface area contributed by atoms with Gasteiger partial charge in [0.2, 0.25) is 11.8 Å². The summed E-state index contributed by atoms with van der Waals surface area (Å²) < 4.78 is 2.03. The van der Waals surface area contributed by atoms with Gasteiger partial charge in [-0.1, -0.05) is 36.0 Å². The maximum absolute atomic E-state index is 12.9. The minimum Gasteiger partial charge on any atom is -0.339 e. The third-order valence-corrected chi connectivity index (χ3v) is 7.21. The predicted octanol–water partition coefficient (Wildman–Crippen LogP) is 3.98. The van der Waals surface area contributed by atoms with E-state index in [1.54, 1.807) is 6.20 Å². The molecule has 1 aliphatic heterocycles. The Morgan fingerprint density at radius 1 is 0.971 bits per heavy atom. The van der Waals surface area contributed by atoms with E-state index >= 15 is 0 Å². The van der Waals surface area contributed by atoms with Gasteiger partial charge in [0.1, 0.15) is 0 Å². The number of benzene rings is 2. The number of aryl methyl sites for hydroxylation is 4. The molecule has 1 aromatic heterocycles. The number of piperazine rings is 1. The van der Waals surface area contributed by atoms with E-state index in [9.17, 15) is 9.59 Å². The number of carbonyl (C=O) groups excluding carboxylic acids is 2. The van der Waals surface area contributed by atoms with E-state index in [1.165, 1.54) is 22.9 Å². The molecule has 184 valence electrons. The summed E-state index contributed by atoms with van der Waals surface area (Å²) in [6.07, 6.45) is 3.70. The maximum Gasteiger partial charge on any atom is 0.238 e. The predicted molar refractivity (Wildman–Crippen MR) is 141 cm³/mol. The molecule has 0 saturated carbocycles. The molecule has 1 saturated heterocycles. The molecule has 0 unspecified atom stereocenters. The fourth-order valence-corrected chi connectivity index (χ4v) is 5.33. The first-order chi connectivity index (χ1) is 16.8. The maximum atomic E-state index is 12.9. The average molecular weight is 492 g/mol. The van der Waals surface area contributed by atoms with E-state index in [4.69, 9.17) is 0 Å². The van der Waals surface area contributed by atoms with Crippen molar-refractivity contribution in [1.29, 1.82) is 0 Å². The summed E-state index contributed by atoms with van der Waals surface area (Å²) in [6.45, 7) is 11.1. The highest BCUT2D eigenvalue weighted by Crippen LogP contribution is 2.23. The van der Waals surface area contributed by atoms with Gasteiger partial charge in [-0.3, -0.25) is 19.1 Å². The Morgan fingerprint density at radius 3 is 2.29 bits per heavy atom. The van der Waals surface area contributed by atoms with Crippen LogP contribution in [-0.4, -0.2) is 69.6 Å². The van der Waals surface area contributed by atoms with Crippen LogP contribution >= 0.6 is 11.8 Å². The first-order valence-corrected chi connectivity index (χ1v) is 12.9. The molecule has 2 amide bonds. The SMILES string of the molecule is Cc1cc(C)cc(-n2ccnc2SCC(=O)N2CCN(CC(=O)Nc3c(C)cccc3C)CC2)c1. The molecule has 8 heteroatoms. The molecule has 4 rings (SSSR count). The number of rotatable bonds is 7. The van der Waals surface area contributed by atoms with Crippen molar-refractivity contribution in [2.75, 3.05) is 43.8 Å². The zero-order chi connectivity index (χ0) is 24.9. The Balaban J connectivity index is 1.26. The monoisotopic (exact) mass is 491 g/mol. The van der Waals surface area contributed by atoms with Crippen molar-refractivity contribution in [2.45, 2.75) is 32.9 Å². The second-order valence-electron chi connectivity index (χ2n) is 9.19. The number of thioether (sulfide) groups is 1. The summed E-state index contributed by atoms with van der Waals surface area (Å²) in [7, 11) is 0. The Kier molecular flexibility index (Phi) is 7.93. The summed E-state index contributed by atoms with van der Waals surface area (Å²) in [6, 6.07) is 12.4. The van der Waals surface area contributed by atoms with Gasteiger partial charge in [0.25, 0.3) is 0 Å². The lowest BCUT2D eigenvalue weighted by Crippen LogP contribution is -2.51. The Labute approximate surface area is 211 Å². The molecule has 0 atom stereocenters. The summed E-state index contributed by atoms with van der Waals surface area (Å²) in [5.74, 6) is 0.426. The normalized spacial score (nSPS) is 14.2. The van der Waals surface area contributed by atoms with Gasteiger partial charge in [0.05, 0.1) is 12.3 Å². The van der Waals surface area contributed by atoms with Crippen LogP contribution in [0.3, 0.4) is 0 Å². The smallest absolute Gasteiger partial charge is 0.238 e. The molecular formula is C27H33N5O2S. The minimum atomic E-state index is -0.0176. The molecule has 35 heavy (non-hydrogen) atoms. The van der Waals surface area contributed by atoms with E-state index in [0.29, 0.717) is 38.5 Å². The van der Waals surface area contributed by atoms with E-state index in [0.717, 1.165) is 27.7 Å². The number of anilines is 1. The molecule has 0 spiro atoms. The number of para-hydroxylation sites is 1. The van der Waals surface area contributed by atoms with Crippen molar-refractivity contribution in [3.05, 3.63) is 71.0 Å². The number of nitrogens with zero attached hydrogens (tertiary/aromatic N) is 4. The molecule has 3 aromatic rings. The molecule has 2 heterocycles. The Morgan fingerprint density at radius 2 is 1.63 bits per heavy atom. The molecule has 1 N–H and O–H groups in total. The van der Waals surface area contributed by atoms with Crippen molar-refractivity contribution < 1.29 is 9.59 Å². The van der Waals surface area contributed by atoms with E-state index in [-0.39, 0.29) is 11.8 Å². The number of hydrogen-bond acceptors (Lipinski definition) is 5. The third-order valence-electron chi connectivity index (χ3n) is 6.25. The third kappa shape index (κ3) is 6.32. The van der Waals surface area contributed by atoms with E-state index in [2.05, 4.69) is 47.2 Å². The molecule has 1 fully saturated rings. The number of imidazole rings is 1. The zero-order valence-corrected chi connectivity index (χ0v) is 21.7. The van der Waals surface area contributed by atoms with Crippen molar-refractivity contribution in [2.24, 2.45) is 0 Å². The van der Waals surface area contributed by atoms with E-state index in [1.807, 2.05) is 47.7 Å². The molecular weight excluding hydrogens is 458 g/mol. The molecule has 2 aromatic carbocycles. The van der Waals surface area contributed by atoms with Crippen molar-refractivity contribution >= 4 is 29.3 Å². The second-order valence-corrected chi connectivity index (χ2v) is 10.1. The summed E-state index contributed by atoms with van der Waals surface area (Å²) >= 11 is 1.46. The minimum absolute atomic E-state index is 0.0176. The number of carbonyl (C=O) groups is 2. The summed E-state index contributed by atoms with van der Waals surface area (Å²) in [5, 5.41) is 3.86. The lowest BCUT2D eigenvalue weighted by atomic mass is 10.1. The number of nitrogens with one attached hydrogen (secondary N) is 1. The van der Waals surface area contributed by atoms with Crippen LogP contribution in [0, 0.1) is 27.7 Å². The highest BCUT2D eigenvalue weighted by atomic mass is 32.2. The summed E-state index contributed by atoms with van der Waals surface area (Å²) in [5.41, 5.74) is 6.46. The van der Waals surface area contributed by atoms with Gasteiger partial charge in [-0.15, -0.1) is 0 Å². The summed E-state index contributed by atoms with van der Waals surface area (Å²) in [4.78, 5) is 33.9. The lowest BCUT2D eigenvalue weighted by Gasteiger charge is -2.34. The largest absolute Gasteiger partial charge is 0.339 e. The zero-order valence-electron chi connectivity index (χ0n) is 20.9. The fourth-order valence-electron chi connectivity index (χ4n) is 4.45. The van der Waals surface area contributed by atoms with Crippen molar-refractivity contribution in [1.82, 2.24) is 19.4 Å². The van der Waals surface area contributed by atoms with Crippen LogP contribution in [0.2, 0.25) is 0 Å². The van der Waals surface area contributed by atoms with Crippen LogP contribution in [0.15, 0.2) is 53.9 Å². The van der Waals surface area contributed by atoms with Crippen molar-refractivity contribution in [3.8, 4) is 5.69 Å². The highest BCUT2D eigenvalue weighted by molar-refractivity contribution is 7.99. The topological polar surface area (TPSA) is 70.5 Å². The van der Waals surface area contributed by atoms with Gasteiger partial charge < -0.3 is 10.2 Å². The lowest BCUT2D eigenvalue weighted by molar-refractivity contribution is -0.130. The number of amides is 2. The average Bonchev–Trinajstić information content (AvgIpc) is 3.29. The quantitative estimate of drug-likeness (QED) is 0.506. The van der Waals surface area contributed by atoms with Crippen LogP contribution in [0.25, 0.3) is 5.69 Å². The molecule has 0 aliphatic carbocycles. The van der Waals surface area contributed by atoms with Crippen molar-refractivity contribution in [3.63, 3.8) is 0 Å². The number of aromatic nitrogens is 2. The van der Waals surface area contributed by atoms with Crippen LogP contribution in [-0.2, 0) is 9.59 Å². The molecule has 0 radical (unpaired) electrons. The van der Waals surface area contributed by atoms with Crippen LogP contribution in [0.4, 0.5) is 5.69 Å². The highest BCUT2D eigenvalue weighted by Gasteiger charge is 2.23. The molecule has 7 nitrogen and oxygen atoms in total. The molecule has 1 aliphatic rings. The second kappa shape index (κ2) is 11.1. The van der Waals surface area contributed by atoms with Gasteiger partial charge in [-0.25, -0.2) is 4.98 Å². The van der Waals surface area contributed by atoms with Gasteiger partial charge in [-0.05, 0) is 62.1 Å². The molecule has 0 bridgehead atoms. The van der Waals surface area contributed by atoms with Gasteiger partial charge in [-0.2, -0.15) is 0 Å². The van der Waals surface area contributed by atoms with Crippen LogP contribution in [0.5, 0.6) is 0 Å². The Hall–Kier alpha value is -3.10.